The van der Waals surface area contributed by atoms with Crippen LogP contribution in [0.15, 0.2) is 59.6 Å². The fourth-order valence-electron chi connectivity index (χ4n) is 5.08. The number of benzene rings is 2. The number of allylic oxidation sites excluding steroid dienone is 2. The van der Waals surface area contributed by atoms with E-state index in [0.29, 0.717) is 5.92 Å². The molecule has 1 nitrogen and oxygen atoms in total. The van der Waals surface area contributed by atoms with Crippen molar-refractivity contribution in [3.8, 4) is 0 Å². The van der Waals surface area contributed by atoms with Gasteiger partial charge in [-0.05, 0) is 54.0 Å². The van der Waals surface area contributed by atoms with Crippen molar-refractivity contribution in [2.75, 3.05) is 0 Å². The molecule has 0 bridgehead atoms. The zero-order valence-corrected chi connectivity index (χ0v) is 16.1. The molecule has 136 valence electrons. The Bertz CT molecular complexity index is 954. The standard InChI is InChI=1S/C26H27N/c1-18-7-5-6-10-22(18)26-16-15-25(27-26)21-12-14-24-20(17-21)11-13-23(24)19-8-3-2-4-9-19/h5-7,10-15,17,19,23H,2-4,8-9,16H2,1H3. The zero-order chi connectivity index (χ0) is 18.2. The molecular weight excluding hydrogens is 326 g/mol. The minimum absolute atomic E-state index is 0.637. The van der Waals surface area contributed by atoms with E-state index in [4.69, 9.17) is 4.99 Å². The molecule has 0 aromatic heterocycles. The highest BCUT2D eigenvalue weighted by Gasteiger charge is 2.27. The summed E-state index contributed by atoms with van der Waals surface area (Å²) in [6.07, 6.45) is 15.0. The van der Waals surface area contributed by atoms with Gasteiger partial charge in [0, 0.05) is 17.9 Å². The quantitative estimate of drug-likeness (QED) is 0.568. The summed E-state index contributed by atoms with van der Waals surface area (Å²) in [4.78, 5) is 4.98. The molecule has 3 aliphatic rings. The van der Waals surface area contributed by atoms with Crippen molar-refractivity contribution in [1.29, 1.82) is 0 Å². The monoisotopic (exact) mass is 353 g/mol. The summed E-state index contributed by atoms with van der Waals surface area (Å²) in [6, 6.07) is 15.6. The van der Waals surface area contributed by atoms with Gasteiger partial charge in [0.25, 0.3) is 0 Å². The predicted octanol–water partition coefficient (Wildman–Crippen LogP) is 6.92. The molecule has 1 heterocycles. The fourth-order valence-corrected chi connectivity index (χ4v) is 5.08. The van der Waals surface area contributed by atoms with Crippen LogP contribution in [0, 0.1) is 12.8 Å². The lowest BCUT2D eigenvalue weighted by Crippen LogP contribution is -2.13. The van der Waals surface area contributed by atoms with Crippen molar-refractivity contribution in [2.24, 2.45) is 10.9 Å². The van der Waals surface area contributed by atoms with Crippen molar-refractivity contribution in [3.63, 3.8) is 0 Å². The average Bonchev–Trinajstić information content (AvgIpc) is 3.36. The minimum Gasteiger partial charge on any atom is -0.252 e. The molecule has 1 unspecified atom stereocenters. The molecule has 0 saturated heterocycles. The van der Waals surface area contributed by atoms with E-state index in [1.165, 1.54) is 65.6 Å². The van der Waals surface area contributed by atoms with Crippen LogP contribution in [0.2, 0.25) is 0 Å². The summed E-state index contributed by atoms with van der Waals surface area (Å²) in [6.45, 7) is 2.17. The van der Waals surface area contributed by atoms with E-state index in [1.807, 2.05) is 0 Å². The van der Waals surface area contributed by atoms with Crippen LogP contribution < -0.4 is 0 Å². The molecule has 0 radical (unpaired) electrons. The Hall–Kier alpha value is -2.41. The van der Waals surface area contributed by atoms with Gasteiger partial charge >= 0.3 is 0 Å². The predicted molar refractivity (Wildman–Crippen MR) is 115 cm³/mol. The van der Waals surface area contributed by atoms with Gasteiger partial charge in [0.1, 0.15) is 0 Å². The molecule has 27 heavy (non-hydrogen) atoms. The van der Waals surface area contributed by atoms with Crippen molar-refractivity contribution >= 4 is 17.5 Å². The van der Waals surface area contributed by atoms with Gasteiger partial charge in [-0.25, -0.2) is 0 Å². The van der Waals surface area contributed by atoms with Crippen LogP contribution in [0.1, 0.15) is 72.3 Å². The molecule has 1 heteroatoms. The van der Waals surface area contributed by atoms with Crippen LogP contribution in [-0.2, 0) is 0 Å². The van der Waals surface area contributed by atoms with Crippen molar-refractivity contribution < 1.29 is 0 Å². The second-order valence-corrected chi connectivity index (χ2v) is 8.29. The first-order valence-electron chi connectivity index (χ1n) is 10.5. The third-order valence-electron chi connectivity index (χ3n) is 6.58. The molecule has 0 spiro atoms. The second kappa shape index (κ2) is 6.96. The number of nitrogens with zero attached hydrogens (tertiary/aromatic N) is 1. The van der Waals surface area contributed by atoms with Gasteiger partial charge in [-0.3, -0.25) is 4.99 Å². The van der Waals surface area contributed by atoms with E-state index in [9.17, 15) is 0 Å². The van der Waals surface area contributed by atoms with Crippen LogP contribution in [0.5, 0.6) is 0 Å². The van der Waals surface area contributed by atoms with E-state index < -0.39 is 0 Å². The van der Waals surface area contributed by atoms with Gasteiger partial charge in [-0.15, -0.1) is 0 Å². The minimum atomic E-state index is 0.637. The van der Waals surface area contributed by atoms with Crippen molar-refractivity contribution in [3.05, 3.63) is 82.4 Å². The number of fused-ring (bicyclic) bond motifs is 1. The maximum Gasteiger partial charge on any atom is 0.0669 e. The third-order valence-corrected chi connectivity index (χ3v) is 6.58. The summed E-state index contributed by atoms with van der Waals surface area (Å²) in [5.41, 5.74) is 9.10. The normalized spacial score (nSPS) is 21.9. The van der Waals surface area contributed by atoms with Crippen molar-refractivity contribution in [1.82, 2.24) is 0 Å². The highest BCUT2D eigenvalue weighted by molar-refractivity contribution is 6.08. The Morgan fingerprint density at radius 1 is 0.963 bits per heavy atom. The van der Waals surface area contributed by atoms with Gasteiger partial charge in [0.05, 0.1) is 11.4 Å². The summed E-state index contributed by atoms with van der Waals surface area (Å²) in [5, 5.41) is 0. The molecule has 1 fully saturated rings. The Kier molecular flexibility index (Phi) is 4.32. The molecule has 1 saturated carbocycles. The zero-order valence-electron chi connectivity index (χ0n) is 16.1. The lowest BCUT2D eigenvalue weighted by Gasteiger charge is -2.27. The summed E-state index contributed by atoms with van der Waals surface area (Å²) < 4.78 is 0. The van der Waals surface area contributed by atoms with Crippen molar-refractivity contribution in [2.45, 2.75) is 51.4 Å². The number of aliphatic imine (C=N–C) groups is 1. The third kappa shape index (κ3) is 3.10. The lowest BCUT2D eigenvalue weighted by atomic mass is 9.78. The number of hydrogen-bond donors (Lipinski definition) is 0. The molecule has 2 aromatic carbocycles. The molecule has 2 aliphatic carbocycles. The first-order chi connectivity index (χ1) is 13.3. The average molecular weight is 354 g/mol. The SMILES string of the molecule is Cc1ccccc1C1=NC(c2ccc3c(c2)C=CC3C2CCCCC2)=CC1. The van der Waals surface area contributed by atoms with Crippen LogP contribution in [0.3, 0.4) is 0 Å². The maximum absolute atomic E-state index is 4.98. The fraction of sp³-hybridized carbons (Fsp3) is 0.346. The van der Waals surface area contributed by atoms with E-state index in [2.05, 4.69) is 67.6 Å². The Morgan fingerprint density at radius 2 is 1.81 bits per heavy atom. The topological polar surface area (TPSA) is 12.4 Å². The number of rotatable bonds is 3. The maximum atomic E-state index is 4.98. The molecule has 1 aliphatic heterocycles. The lowest BCUT2D eigenvalue weighted by molar-refractivity contribution is 0.334. The van der Waals surface area contributed by atoms with Crippen LogP contribution >= 0.6 is 0 Å². The van der Waals surface area contributed by atoms with Crippen LogP contribution in [0.4, 0.5) is 0 Å². The molecule has 2 aromatic rings. The summed E-state index contributed by atoms with van der Waals surface area (Å²) in [5.74, 6) is 1.48. The van der Waals surface area contributed by atoms with E-state index in [0.717, 1.165) is 18.0 Å². The molecule has 5 rings (SSSR count). The van der Waals surface area contributed by atoms with Crippen LogP contribution in [0.25, 0.3) is 11.8 Å². The first-order valence-corrected chi connectivity index (χ1v) is 10.5. The van der Waals surface area contributed by atoms with E-state index in [-0.39, 0.29) is 0 Å². The van der Waals surface area contributed by atoms with E-state index >= 15 is 0 Å². The van der Waals surface area contributed by atoms with Gasteiger partial charge in [0.2, 0.25) is 0 Å². The smallest absolute Gasteiger partial charge is 0.0669 e. The van der Waals surface area contributed by atoms with Gasteiger partial charge in [0.15, 0.2) is 0 Å². The number of aryl methyl sites for hydroxylation is 1. The van der Waals surface area contributed by atoms with Gasteiger partial charge in [-0.2, -0.15) is 0 Å². The Balaban J connectivity index is 1.40. The first kappa shape index (κ1) is 16.7. The summed E-state index contributed by atoms with van der Waals surface area (Å²) >= 11 is 0. The molecular formula is C26H27N. The molecule has 0 amide bonds. The Labute approximate surface area is 162 Å². The van der Waals surface area contributed by atoms with E-state index in [1.54, 1.807) is 0 Å². The Morgan fingerprint density at radius 3 is 2.67 bits per heavy atom. The highest BCUT2D eigenvalue weighted by atomic mass is 14.8. The molecule has 1 atom stereocenters. The number of hydrogen-bond acceptors (Lipinski definition) is 1. The van der Waals surface area contributed by atoms with Gasteiger partial charge in [-0.1, -0.05) is 73.9 Å². The van der Waals surface area contributed by atoms with Crippen LogP contribution in [-0.4, -0.2) is 5.71 Å². The van der Waals surface area contributed by atoms with Gasteiger partial charge < -0.3 is 0 Å². The second-order valence-electron chi connectivity index (χ2n) is 8.29. The summed E-state index contributed by atoms with van der Waals surface area (Å²) in [7, 11) is 0. The largest absolute Gasteiger partial charge is 0.252 e. The highest BCUT2D eigenvalue weighted by Crippen LogP contribution is 2.43. The molecule has 0 N–H and O–H groups in total.